The SMILES string of the molecule is CN(Cc1ccccc1-c1ccc2cnc(Nc3ccc4c(cnn4CCN4CCOCC4)c3)nn12)[SH](=O)=O. The van der Waals surface area contributed by atoms with Crippen molar-refractivity contribution >= 4 is 38.9 Å². The number of ether oxygens (including phenoxy) is 1. The van der Waals surface area contributed by atoms with E-state index in [1.807, 2.05) is 63.9 Å². The molecule has 0 saturated carbocycles. The van der Waals surface area contributed by atoms with Crippen molar-refractivity contribution in [3.8, 4) is 11.3 Å². The Hall–Kier alpha value is -3.84. The minimum absolute atomic E-state index is 0.276. The van der Waals surface area contributed by atoms with E-state index >= 15 is 0 Å². The van der Waals surface area contributed by atoms with E-state index in [4.69, 9.17) is 9.84 Å². The Morgan fingerprint density at radius 1 is 1.03 bits per heavy atom. The van der Waals surface area contributed by atoms with Gasteiger partial charge in [0.15, 0.2) is 0 Å². The second-order valence-corrected chi connectivity index (χ2v) is 10.7. The topological polar surface area (TPSA) is 110 Å². The summed E-state index contributed by atoms with van der Waals surface area (Å²) in [6.07, 6.45) is 3.65. The van der Waals surface area contributed by atoms with E-state index in [1.54, 1.807) is 13.2 Å². The molecule has 2 aromatic carbocycles. The van der Waals surface area contributed by atoms with Crippen molar-refractivity contribution in [2.75, 3.05) is 45.2 Å². The number of aromatic nitrogens is 5. The Kier molecular flexibility index (Phi) is 7.24. The van der Waals surface area contributed by atoms with Crippen LogP contribution in [0.1, 0.15) is 5.56 Å². The van der Waals surface area contributed by atoms with Crippen LogP contribution in [-0.4, -0.2) is 81.9 Å². The molecule has 39 heavy (non-hydrogen) atoms. The summed E-state index contributed by atoms with van der Waals surface area (Å²) in [4.78, 5) is 6.90. The third-order valence-electron chi connectivity index (χ3n) is 7.00. The second kappa shape index (κ2) is 11.1. The molecule has 1 N–H and O–H groups in total. The van der Waals surface area contributed by atoms with Crippen LogP contribution in [0.2, 0.25) is 0 Å². The van der Waals surface area contributed by atoms with Gasteiger partial charge in [0, 0.05) is 49.9 Å². The zero-order valence-corrected chi connectivity index (χ0v) is 22.5. The maximum Gasteiger partial charge on any atom is 0.245 e. The van der Waals surface area contributed by atoms with Crippen LogP contribution in [-0.2, 0) is 28.7 Å². The lowest BCUT2D eigenvalue weighted by molar-refractivity contribution is 0.0361. The van der Waals surface area contributed by atoms with Gasteiger partial charge < -0.3 is 10.1 Å². The molecule has 1 aliphatic rings. The van der Waals surface area contributed by atoms with Crippen LogP contribution in [0.3, 0.4) is 0 Å². The highest BCUT2D eigenvalue weighted by Crippen LogP contribution is 2.27. The fourth-order valence-corrected chi connectivity index (χ4v) is 5.18. The molecule has 5 aromatic rings. The Morgan fingerprint density at radius 2 is 1.87 bits per heavy atom. The van der Waals surface area contributed by atoms with Gasteiger partial charge in [-0.1, -0.05) is 24.3 Å². The number of rotatable bonds is 9. The fourth-order valence-electron chi connectivity index (χ4n) is 4.91. The van der Waals surface area contributed by atoms with Gasteiger partial charge in [-0.05, 0) is 35.9 Å². The molecule has 6 rings (SSSR count). The molecule has 0 aliphatic carbocycles. The Bertz CT molecular complexity index is 1680. The van der Waals surface area contributed by atoms with E-state index < -0.39 is 10.9 Å². The molecule has 3 aromatic heterocycles. The monoisotopic (exact) mass is 546 g/mol. The van der Waals surface area contributed by atoms with Crippen molar-refractivity contribution in [2.45, 2.75) is 13.1 Å². The van der Waals surface area contributed by atoms with E-state index in [-0.39, 0.29) is 6.54 Å². The predicted octanol–water partition coefficient (Wildman–Crippen LogP) is 2.78. The van der Waals surface area contributed by atoms with Gasteiger partial charge >= 0.3 is 0 Å². The molecular formula is C27H30N8O3S. The third kappa shape index (κ3) is 5.50. The molecule has 0 bridgehead atoms. The molecule has 202 valence electrons. The Morgan fingerprint density at radius 3 is 2.72 bits per heavy atom. The number of nitrogens with zero attached hydrogens (tertiary/aromatic N) is 7. The summed E-state index contributed by atoms with van der Waals surface area (Å²) in [5, 5.41) is 13.7. The van der Waals surface area contributed by atoms with Crippen LogP contribution in [0.25, 0.3) is 27.7 Å². The number of anilines is 2. The number of nitrogens with one attached hydrogen (secondary N) is 1. The lowest BCUT2D eigenvalue weighted by atomic mass is 10.0. The van der Waals surface area contributed by atoms with E-state index in [1.165, 1.54) is 4.31 Å². The maximum atomic E-state index is 11.4. The van der Waals surface area contributed by atoms with Crippen LogP contribution >= 0.6 is 0 Å². The van der Waals surface area contributed by atoms with Crippen LogP contribution in [0.4, 0.5) is 11.6 Å². The van der Waals surface area contributed by atoms with Gasteiger partial charge in [0.2, 0.25) is 16.8 Å². The average molecular weight is 547 g/mol. The highest BCUT2D eigenvalue weighted by molar-refractivity contribution is 7.69. The molecule has 1 fully saturated rings. The summed E-state index contributed by atoms with van der Waals surface area (Å²) in [7, 11) is -1.10. The van der Waals surface area contributed by atoms with Crippen molar-refractivity contribution in [1.82, 2.24) is 33.6 Å². The minimum atomic E-state index is -2.66. The first kappa shape index (κ1) is 25.4. The molecule has 0 radical (unpaired) electrons. The van der Waals surface area contributed by atoms with Crippen molar-refractivity contribution < 1.29 is 13.2 Å². The quantitative estimate of drug-likeness (QED) is 0.272. The van der Waals surface area contributed by atoms with Crippen molar-refractivity contribution in [1.29, 1.82) is 0 Å². The molecule has 1 aliphatic heterocycles. The van der Waals surface area contributed by atoms with Gasteiger partial charge in [-0.25, -0.2) is 22.2 Å². The van der Waals surface area contributed by atoms with Crippen molar-refractivity contribution in [3.05, 3.63) is 72.6 Å². The third-order valence-corrected chi connectivity index (χ3v) is 7.70. The first-order valence-electron chi connectivity index (χ1n) is 12.9. The highest BCUT2D eigenvalue weighted by atomic mass is 32.2. The standard InChI is InChI=1S/C27H30N8O3S/c1-32(39(36)37)19-20-4-2-3-5-24(20)26-9-7-23-18-28-27(31-35(23)26)30-22-6-8-25-21(16-22)17-29-34(25)11-10-33-12-14-38-15-13-33/h2-9,16-18,39H,10-15,19H2,1H3,(H,30,31). The molecule has 0 spiro atoms. The number of hydrogen-bond acceptors (Lipinski definition) is 8. The number of fused-ring (bicyclic) bond motifs is 2. The first-order chi connectivity index (χ1) is 19.0. The highest BCUT2D eigenvalue weighted by Gasteiger charge is 2.14. The molecule has 12 heteroatoms. The summed E-state index contributed by atoms with van der Waals surface area (Å²) in [5.41, 5.74) is 5.45. The molecule has 0 unspecified atom stereocenters. The lowest BCUT2D eigenvalue weighted by Crippen LogP contribution is -2.38. The van der Waals surface area contributed by atoms with Crippen LogP contribution in [0.5, 0.6) is 0 Å². The predicted molar refractivity (Wildman–Crippen MR) is 150 cm³/mol. The van der Waals surface area contributed by atoms with E-state index in [0.29, 0.717) is 5.95 Å². The largest absolute Gasteiger partial charge is 0.379 e. The number of hydrogen-bond donors (Lipinski definition) is 2. The van der Waals surface area contributed by atoms with E-state index in [9.17, 15) is 8.42 Å². The Balaban J connectivity index is 1.23. The van der Waals surface area contributed by atoms with Gasteiger partial charge in [-0.2, -0.15) is 5.10 Å². The lowest BCUT2D eigenvalue weighted by Gasteiger charge is -2.26. The van der Waals surface area contributed by atoms with Crippen LogP contribution in [0.15, 0.2) is 67.0 Å². The number of thiol groups is 1. The molecule has 11 nitrogen and oxygen atoms in total. The Labute approximate surface area is 227 Å². The first-order valence-corrected chi connectivity index (χ1v) is 14.0. The summed E-state index contributed by atoms with van der Waals surface area (Å²) < 4.78 is 33.5. The zero-order valence-electron chi connectivity index (χ0n) is 21.6. The number of morpholine rings is 1. The summed E-state index contributed by atoms with van der Waals surface area (Å²) in [6.45, 7) is 5.56. The van der Waals surface area contributed by atoms with Gasteiger partial charge in [-0.15, -0.1) is 5.10 Å². The van der Waals surface area contributed by atoms with Crippen LogP contribution < -0.4 is 5.32 Å². The summed E-state index contributed by atoms with van der Waals surface area (Å²) >= 11 is 0. The fraction of sp³-hybridized carbons (Fsp3) is 0.296. The molecule has 4 heterocycles. The van der Waals surface area contributed by atoms with E-state index in [2.05, 4.69) is 26.4 Å². The normalized spacial score (nSPS) is 14.6. The summed E-state index contributed by atoms with van der Waals surface area (Å²) in [6, 6.07) is 17.8. The number of benzene rings is 2. The summed E-state index contributed by atoms with van der Waals surface area (Å²) in [5.74, 6) is 0.455. The molecular weight excluding hydrogens is 516 g/mol. The molecule has 1 saturated heterocycles. The van der Waals surface area contributed by atoms with Gasteiger partial charge in [0.05, 0.1) is 48.9 Å². The van der Waals surface area contributed by atoms with Gasteiger partial charge in [0.1, 0.15) is 0 Å². The van der Waals surface area contributed by atoms with Crippen molar-refractivity contribution in [3.63, 3.8) is 0 Å². The average Bonchev–Trinajstić information content (AvgIpc) is 3.56. The molecule has 0 atom stereocenters. The van der Waals surface area contributed by atoms with Gasteiger partial charge in [-0.3, -0.25) is 9.58 Å². The van der Waals surface area contributed by atoms with Crippen molar-refractivity contribution in [2.24, 2.45) is 0 Å². The molecule has 0 amide bonds. The second-order valence-electron chi connectivity index (χ2n) is 9.57. The van der Waals surface area contributed by atoms with Crippen LogP contribution in [0, 0.1) is 0 Å². The van der Waals surface area contributed by atoms with Gasteiger partial charge in [0.25, 0.3) is 0 Å². The minimum Gasteiger partial charge on any atom is -0.379 e. The van der Waals surface area contributed by atoms with E-state index in [0.717, 1.165) is 78.3 Å². The maximum absolute atomic E-state index is 11.4. The zero-order chi connectivity index (χ0) is 26.8. The smallest absolute Gasteiger partial charge is 0.245 e.